The number of rotatable bonds is 5. The lowest BCUT2D eigenvalue weighted by Gasteiger charge is -2.26. The summed E-state index contributed by atoms with van der Waals surface area (Å²) in [6, 6.07) is 2.45. The molecule has 1 aromatic rings. The first kappa shape index (κ1) is 13.2. The third kappa shape index (κ3) is 3.63. The van der Waals surface area contributed by atoms with Crippen molar-refractivity contribution in [3.63, 3.8) is 0 Å². The molecule has 0 amide bonds. The average molecular weight is 223 g/mol. The molecule has 1 rings (SSSR count). The second-order valence-corrected chi connectivity index (χ2v) is 5.62. The number of hydrogen-bond acceptors (Lipinski definition) is 2. The fourth-order valence-corrected chi connectivity index (χ4v) is 2.45. The van der Waals surface area contributed by atoms with E-state index in [0.29, 0.717) is 0 Å². The molecule has 0 saturated carbocycles. The molecule has 0 aliphatic rings. The van der Waals surface area contributed by atoms with Crippen molar-refractivity contribution >= 4 is 0 Å². The van der Waals surface area contributed by atoms with Crippen LogP contribution in [0.15, 0.2) is 6.07 Å². The van der Waals surface area contributed by atoms with Crippen LogP contribution in [-0.2, 0) is 13.0 Å². The quantitative estimate of drug-likeness (QED) is 0.833. The van der Waals surface area contributed by atoms with Gasteiger partial charge in [0, 0.05) is 18.3 Å². The fraction of sp³-hybridized carbons (Fsp3) is 0.769. The van der Waals surface area contributed by atoms with Crippen molar-refractivity contribution in [2.24, 2.45) is 11.1 Å². The van der Waals surface area contributed by atoms with Crippen molar-refractivity contribution in [3.05, 3.63) is 17.5 Å². The Bertz CT molecular complexity index is 337. The fourth-order valence-electron chi connectivity index (χ4n) is 2.45. The minimum atomic E-state index is 0.244. The minimum Gasteiger partial charge on any atom is -0.328 e. The van der Waals surface area contributed by atoms with E-state index < -0.39 is 0 Å². The summed E-state index contributed by atoms with van der Waals surface area (Å²) >= 11 is 0. The van der Waals surface area contributed by atoms with Gasteiger partial charge in [0.1, 0.15) is 0 Å². The summed E-state index contributed by atoms with van der Waals surface area (Å²) in [5.41, 5.74) is 8.56. The highest BCUT2D eigenvalue weighted by Gasteiger charge is 2.22. The Morgan fingerprint density at radius 1 is 1.50 bits per heavy atom. The zero-order valence-electron chi connectivity index (χ0n) is 11.2. The molecule has 0 bridgehead atoms. The van der Waals surface area contributed by atoms with Gasteiger partial charge in [-0.15, -0.1) is 0 Å². The molecule has 92 valence electrons. The Morgan fingerprint density at radius 3 is 2.62 bits per heavy atom. The zero-order chi connectivity index (χ0) is 12.3. The average Bonchev–Trinajstić information content (AvgIpc) is 2.42. The van der Waals surface area contributed by atoms with Crippen LogP contribution < -0.4 is 5.73 Å². The molecule has 0 radical (unpaired) electrons. The lowest BCUT2D eigenvalue weighted by molar-refractivity contribution is 0.301. The van der Waals surface area contributed by atoms with Crippen LogP contribution in [0.25, 0.3) is 0 Å². The Morgan fingerprint density at radius 2 is 2.12 bits per heavy atom. The molecule has 2 N–H and O–H groups in total. The molecule has 1 heterocycles. The SMILES string of the molecule is CCn1nc(C)cc1CC(C)(C)CC(C)N. The monoisotopic (exact) mass is 223 g/mol. The molecule has 0 spiro atoms. The number of nitrogens with two attached hydrogens (primary N) is 1. The zero-order valence-corrected chi connectivity index (χ0v) is 11.2. The number of nitrogens with zero attached hydrogens (tertiary/aromatic N) is 2. The van der Waals surface area contributed by atoms with E-state index in [0.717, 1.165) is 25.1 Å². The Labute approximate surface area is 99.0 Å². The van der Waals surface area contributed by atoms with Gasteiger partial charge < -0.3 is 5.73 Å². The van der Waals surface area contributed by atoms with Crippen LogP contribution in [0.2, 0.25) is 0 Å². The van der Waals surface area contributed by atoms with Crippen LogP contribution in [-0.4, -0.2) is 15.8 Å². The van der Waals surface area contributed by atoms with Crippen LogP contribution in [0.5, 0.6) is 0 Å². The maximum absolute atomic E-state index is 5.89. The van der Waals surface area contributed by atoms with Gasteiger partial charge in [-0.25, -0.2) is 0 Å². The van der Waals surface area contributed by atoms with Crippen molar-refractivity contribution in [2.45, 2.75) is 60.0 Å². The molecular formula is C13H25N3. The highest BCUT2D eigenvalue weighted by molar-refractivity contribution is 5.10. The van der Waals surface area contributed by atoms with Gasteiger partial charge in [0.25, 0.3) is 0 Å². The van der Waals surface area contributed by atoms with E-state index >= 15 is 0 Å². The Kier molecular flexibility index (Phi) is 4.14. The highest BCUT2D eigenvalue weighted by atomic mass is 15.3. The molecule has 0 aliphatic heterocycles. The van der Waals surface area contributed by atoms with E-state index in [1.807, 2.05) is 6.92 Å². The second-order valence-electron chi connectivity index (χ2n) is 5.62. The molecule has 0 saturated heterocycles. The van der Waals surface area contributed by atoms with Gasteiger partial charge in [0.15, 0.2) is 0 Å². The molecule has 0 aliphatic carbocycles. The summed E-state index contributed by atoms with van der Waals surface area (Å²) < 4.78 is 2.10. The van der Waals surface area contributed by atoms with Gasteiger partial charge in [-0.3, -0.25) is 4.68 Å². The first-order chi connectivity index (χ1) is 7.34. The van der Waals surface area contributed by atoms with Crippen LogP contribution in [0, 0.1) is 12.3 Å². The molecule has 3 nitrogen and oxygen atoms in total. The molecule has 1 aromatic heterocycles. The molecule has 1 atom stereocenters. The first-order valence-electron chi connectivity index (χ1n) is 6.13. The Hall–Kier alpha value is -0.830. The highest BCUT2D eigenvalue weighted by Crippen LogP contribution is 2.27. The van der Waals surface area contributed by atoms with Gasteiger partial charge in [-0.2, -0.15) is 5.10 Å². The summed E-state index contributed by atoms with van der Waals surface area (Å²) in [7, 11) is 0. The van der Waals surface area contributed by atoms with Crippen LogP contribution in [0.3, 0.4) is 0 Å². The molecule has 0 aromatic carbocycles. The van der Waals surface area contributed by atoms with Crippen molar-refractivity contribution in [2.75, 3.05) is 0 Å². The van der Waals surface area contributed by atoms with E-state index in [1.165, 1.54) is 5.69 Å². The van der Waals surface area contributed by atoms with E-state index in [-0.39, 0.29) is 11.5 Å². The maximum Gasteiger partial charge on any atom is 0.0596 e. The minimum absolute atomic E-state index is 0.244. The number of aromatic nitrogens is 2. The molecular weight excluding hydrogens is 198 g/mol. The normalized spacial score (nSPS) is 14.1. The van der Waals surface area contributed by atoms with Gasteiger partial charge in [-0.05, 0) is 45.1 Å². The van der Waals surface area contributed by atoms with E-state index in [2.05, 4.69) is 43.5 Å². The summed E-state index contributed by atoms with van der Waals surface area (Å²) in [6.45, 7) is 11.8. The maximum atomic E-state index is 5.89. The molecule has 16 heavy (non-hydrogen) atoms. The third-order valence-electron chi connectivity index (χ3n) is 2.82. The molecule has 3 heteroatoms. The second kappa shape index (κ2) is 5.00. The van der Waals surface area contributed by atoms with Crippen molar-refractivity contribution < 1.29 is 0 Å². The van der Waals surface area contributed by atoms with E-state index in [9.17, 15) is 0 Å². The molecule has 0 fully saturated rings. The van der Waals surface area contributed by atoms with Gasteiger partial charge in [-0.1, -0.05) is 13.8 Å². The van der Waals surface area contributed by atoms with Gasteiger partial charge in [0.2, 0.25) is 0 Å². The largest absolute Gasteiger partial charge is 0.328 e. The van der Waals surface area contributed by atoms with Crippen molar-refractivity contribution in [1.29, 1.82) is 0 Å². The van der Waals surface area contributed by atoms with E-state index in [4.69, 9.17) is 5.73 Å². The topological polar surface area (TPSA) is 43.8 Å². The summed E-state index contributed by atoms with van der Waals surface area (Å²) in [5.74, 6) is 0. The summed E-state index contributed by atoms with van der Waals surface area (Å²) in [4.78, 5) is 0. The number of hydrogen-bond donors (Lipinski definition) is 1. The first-order valence-corrected chi connectivity index (χ1v) is 6.13. The van der Waals surface area contributed by atoms with Crippen molar-refractivity contribution in [1.82, 2.24) is 9.78 Å². The van der Waals surface area contributed by atoms with Crippen LogP contribution >= 0.6 is 0 Å². The predicted octanol–water partition coefficient (Wildman–Crippen LogP) is 2.52. The third-order valence-corrected chi connectivity index (χ3v) is 2.82. The summed E-state index contributed by atoms with van der Waals surface area (Å²) in [6.07, 6.45) is 2.09. The number of aryl methyl sites for hydroxylation is 2. The van der Waals surface area contributed by atoms with Gasteiger partial charge in [0.05, 0.1) is 5.69 Å². The lowest BCUT2D eigenvalue weighted by atomic mass is 9.82. The van der Waals surface area contributed by atoms with E-state index in [1.54, 1.807) is 0 Å². The Balaban J connectivity index is 2.78. The van der Waals surface area contributed by atoms with Crippen LogP contribution in [0.1, 0.15) is 45.5 Å². The summed E-state index contributed by atoms with van der Waals surface area (Å²) in [5, 5.41) is 4.48. The smallest absolute Gasteiger partial charge is 0.0596 e. The predicted molar refractivity (Wildman–Crippen MR) is 68.4 cm³/mol. The standard InChI is InChI=1S/C13H25N3/c1-6-16-12(7-11(3)15-16)9-13(4,5)8-10(2)14/h7,10H,6,8-9,14H2,1-5H3. The van der Waals surface area contributed by atoms with Crippen LogP contribution in [0.4, 0.5) is 0 Å². The molecule has 1 unspecified atom stereocenters. The van der Waals surface area contributed by atoms with Crippen molar-refractivity contribution in [3.8, 4) is 0 Å². The lowest BCUT2D eigenvalue weighted by Crippen LogP contribution is -2.27. The van der Waals surface area contributed by atoms with Gasteiger partial charge >= 0.3 is 0 Å².